The predicted octanol–water partition coefficient (Wildman–Crippen LogP) is 0.937. The van der Waals surface area contributed by atoms with Crippen molar-refractivity contribution in [1.29, 1.82) is 0 Å². The van der Waals surface area contributed by atoms with Crippen molar-refractivity contribution in [1.82, 2.24) is 14.9 Å². The van der Waals surface area contributed by atoms with Gasteiger partial charge in [-0.3, -0.25) is 5.10 Å². The minimum Gasteiger partial charge on any atom is -0.478 e. The van der Waals surface area contributed by atoms with E-state index in [1.807, 2.05) is 31.2 Å². The molecule has 0 saturated carbocycles. The summed E-state index contributed by atoms with van der Waals surface area (Å²) in [5.74, 6) is -1.34. The van der Waals surface area contributed by atoms with Gasteiger partial charge in [-0.25, -0.2) is 17.9 Å². The van der Waals surface area contributed by atoms with Crippen LogP contribution >= 0.6 is 0 Å². The number of H-pyrrole nitrogens is 1. The molecule has 0 amide bonds. The fraction of sp³-hybridized carbons (Fsp3) is 0.231. The number of nitrogens with zero attached hydrogens (tertiary/aromatic N) is 1. The van der Waals surface area contributed by atoms with Gasteiger partial charge in [0.25, 0.3) is 10.0 Å². The molecule has 0 spiro atoms. The van der Waals surface area contributed by atoms with Gasteiger partial charge in [-0.1, -0.05) is 29.8 Å². The van der Waals surface area contributed by atoms with E-state index in [0.29, 0.717) is 6.42 Å². The summed E-state index contributed by atoms with van der Waals surface area (Å²) in [5, 5.41) is 14.1. The van der Waals surface area contributed by atoms with Gasteiger partial charge < -0.3 is 5.11 Å². The van der Waals surface area contributed by atoms with Gasteiger partial charge in [0, 0.05) is 6.54 Å². The van der Waals surface area contributed by atoms with Crippen molar-refractivity contribution < 1.29 is 18.3 Å². The molecule has 0 aliphatic carbocycles. The Balaban J connectivity index is 2.05. The molecule has 0 aliphatic heterocycles. The fourth-order valence-corrected chi connectivity index (χ4v) is 3.02. The normalized spacial score (nSPS) is 11.5. The van der Waals surface area contributed by atoms with E-state index in [9.17, 15) is 13.2 Å². The van der Waals surface area contributed by atoms with Crippen molar-refractivity contribution in [3.63, 3.8) is 0 Å². The predicted molar refractivity (Wildman–Crippen MR) is 75.6 cm³/mol. The van der Waals surface area contributed by atoms with Crippen LogP contribution in [0.1, 0.15) is 21.5 Å². The number of carbonyl (C=O) groups is 1. The third kappa shape index (κ3) is 3.67. The van der Waals surface area contributed by atoms with Crippen LogP contribution in [0.3, 0.4) is 0 Å². The number of aromatic amines is 1. The minimum atomic E-state index is -3.92. The van der Waals surface area contributed by atoms with E-state index in [4.69, 9.17) is 5.11 Å². The van der Waals surface area contributed by atoms with E-state index in [1.54, 1.807) is 0 Å². The molecule has 0 saturated heterocycles. The van der Waals surface area contributed by atoms with Crippen LogP contribution in [0.4, 0.5) is 0 Å². The Labute approximate surface area is 122 Å². The topological polar surface area (TPSA) is 112 Å². The molecule has 112 valence electrons. The van der Waals surface area contributed by atoms with Gasteiger partial charge >= 0.3 is 5.97 Å². The van der Waals surface area contributed by atoms with Gasteiger partial charge in [-0.2, -0.15) is 5.10 Å². The van der Waals surface area contributed by atoms with Gasteiger partial charge in [0.1, 0.15) is 5.56 Å². The van der Waals surface area contributed by atoms with Crippen LogP contribution in [0.2, 0.25) is 0 Å². The molecule has 1 aromatic carbocycles. The van der Waals surface area contributed by atoms with Gasteiger partial charge in [0.2, 0.25) is 0 Å². The lowest BCUT2D eigenvalue weighted by Crippen LogP contribution is -2.27. The molecule has 0 bridgehead atoms. The van der Waals surface area contributed by atoms with Crippen molar-refractivity contribution in [2.24, 2.45) is 0 Å². The quantitative estimate of drug-likeness (QED) is 0.735. The van der Waals surface area contributed by atoms with Crippen LogP contribution < -0.4 is 4.72 Å². The molecule has 1 aromatic heterocycles. The highest BCUT2D eigenvalue weighted by atomic mass is 32.2. The average molecular weight is 309 g/mol. The summed E-state index contributed by atoms with van der Waals surface area (Å²) >= 11 is 0. The smallest absolute Gasteiger partial charge is 0.340 e. The van der Waals surface area contributed by atoms with E-state index in [0.717, 1.165) is 17.3 Å². The first-order valence-corrected chi connectivity index (χ1v) is 7.70. The number of aromatic nitrogens is 2. The number of carboxylic acids is 1. The lowest BCUT2D eigenvalue weighted by molar-refractivity contribution is 0.0692. The van der Waals surface area contributed by atoms with Crippen LogP contribution in [0.15, 0.2) is 35.5 Å². The number of aromatic carboxylic acids is 1. The number of sulfonamides is 1. The highest BCUT2D eigenvalue weighted by Gasteiger charge is 2.24. The number of hydrogen-bond donors (Lipinski definition) is 3. The average Bonchev–Trinajstić information content (AvgIpc) is 2.88. The molecule has 0 atom stereocenters. The first kappa shape index (κ1) is 15.2. The second-order valence-electron chi connectivity index (χ2n) is 4.55. The van der Waals surface area contributed by atoms with E-state index < -0.39 is 21.0 Å². The zero-order chi connectivity index (χ0) is 15.5. The largest absolute Gasteiger partial charge is 0.478 e. The highest BCUT2D eigenvalue weighted by molar-refractivity contribution is 7.89. The Morgan fingerprint density at radius 1 is 1.43 bits per heavy atom. The number of rotatable bonds is 6. The zero-order valence-corrected chi connectivity index (χ0v) is 12.1. The summed E-state index contributed by atoms with van der Waals surface area (Å²) in [6.45, 7) is 2.13. The first-order valence-electron chi connectivity index (χ1n) is 6.22. The number of hydrogen-bond acceptors (Lipinski definition) is 4. The van der Waals surface area contributed by atoms with Crippen molar-refractivity contribution in [3.8, 4) is 0 Å². The summed E-state index contributed by atoms with van der Waals surface area (Å²) in [6, 6.07) is 7.72. The second kappa shape index (κ2) is 6.06. The van der Waals surface area contributed by atoms with Gasteiger partial charge in [0.15, 0.2) is 5.03 Å². The monoisotopic (exact) mass is 309 g/mol. The highest BCUT2D eigenvalue weighted by Crippen LogP contribution is 2.11. The third-order valence-corrected chi connectivity index (χ3v) is 4.32. The summed E-state index contributed by atoms with van der Waals surface area (Å²) in [5.41, 5.74) is 1.72. The summed E-state index contributed by atoms with van der Waals surface area (Å²) in [7, 11) is -3.92. The molecule has 0 fully saturated rings. The summed E-state index contributed by atoms with van der Waals surface area (Å²) < 4.78 is 26.4. The minimum absolute atomic E-state index is 0.171. The first-order chi connectivity index (χ1) is 9.90. The molecule has 0 aliphatic rings. The molecule has 21 heavy (non-hydrogen) atoms. The third-order valence-electron chi connectivity index (χ3n) is 2.89. The molecule has 0 unspecified atom stereocenters. The Kier molecular flexibility index (Phi) is 4.39. The maximum Gasteiger partial charge on any atom is 0.340 e. The van der Waals surface area contributed by atoms with Crippen molar-refractivity contribution in [2.75, 3.05) is 6.54 Å². The Morgan fingerprint density at radius 3 is 2.86 bits per heavy atom. The van der Waals surface area contributed by atoms with Gasteiger partial charge in [-0.15, -0.1) is 0 Å². The van der Waals surface area contributed by atoms with Crippen LogP contribution in [0.5, 0.6) is 0 Å². The number of nitrogens with one attached hydrogen (secondary N) is 2. The molecule has 2 rings (SSSR count). The SMILES string of the molecule is Cc1cccc(CCNS(=O)(=O)c2[nH]ncc2C(=O)O)c1. The number of carboxylic acid groups (broad SMARTS) is 1. The molecule has 0 radical (unpaired) electrons. The van der Waals surface area contributed by atoms with E-state index >= 15 is 0 Å². The summed E-state index contributed by atoms with van der Waals surface area (Å²) in [6.07, 6.45) is 1.48. The Morgan fingerprint density at radius 2 is 2.19 bits per heavy atom. The number of benzene rings is 1. The molecule has 3 N–H and O–H groups in total. The number of aryl methyl sites for hydroxylation is 1. The van der Waals surface area contributed by atoms with E-state index in [2.05, 4.69) is 14.9 Å². The Bertz CT molecular complexity index is 752. The van der Waals surface area contributed by atoms with E-state index in [1.165, 1.54) is 0 Å². The standard InChI is InChI=1S/C13H15N3O4S/c1-9-3-2-4-10(7-9)5-6-15-21(19,20)12-11(13(17)18)8-14-16-12/h2-4,7-8,15H,5-6H2,1H3,(H,14,16)(H,17,18). The lowest BCUT2D eigenvalue weighted by Gasteiger charge is -2.06. The lowest BCUT2D eigenvalue weighted by atomic mass is 10.1. The molecular formula is C13H15N3O4S. The maximum atomic E-state index is 12.0. The Hall–Kier alpha value is -2.19. The van der Waals surface area contributed by atoms with Crippen LogP contribution in [-0.2, 0) is 16.4 Å². The van der Waals surface area contributed by atoms with Gasteiger partial charge in [-0.05, 0) is 18.9 Å². The van der Waals surface area contributed by atoms with Crippen molar-refractivity contribution >= 4 is 16.0 Å². The van der Waals surface area contributed by atoms with Crippen LogP contribution in [0.25, 0.3) is 0 Å². The van der Waals surface area contributed by atoms with Crippen LogP contribution in [0, 0.1) is 6.92 Å². The molecule has 1 heterocycles. The second-order valence-corrected chi connectivity index (χ2v) is 6.26. The molecule has 7 nitrogen and oxygen atoms in total. The maximum absolute atomic E-state index is 12.0. The molecule has 8 heteroatoms. The summed E-state index contributed by atoms with van der Waals surface area (Å²) in [4.78, 5) is 10.9. The van der Waals surface area contributed by atoms with Gasteiger partial charge in [0.05, 0.1) is 6.20 Å². The molecular weight excluding hydrogens is 294 g/mol. The van der Waals surface area contributed by atoms with Crippen molar-refractivity contribution in [3.05, 3.63) is 47.2 Å². The van der Waals surface area contributed by atoms with Crippen molar-refractivity contribution in [2.45, 2.75) is 18.4 Å². The van der Waals surface area contributed by atoms with E-state index in [-0.39, 0.29) is 12.1 Å². The fourth-order valence-electron chi connectivity index (χ4n) is 1.90. The molecule has 2 aromatic rings. The zero-order valence-electron chi connectivity index (χ0n) is 11.3. The van der Waals surface area contributed by atoms with Crippen LogP contribution in [-0.4, -0.2) is 36.2 Å².